The topological polar surface area (TPSA) is 0 Å². The minimum atomic E-state index is -2.36. The molecular formula is C11H17BrF2. The maximum Gasteiger partial charge on any atom is 0.248 e. The van der Waals surface area contributed by atoms with E-state index in [1.54, 1.807) is 0 Å². The summed E-state index contributed by atoms with van der Waals surface area (Å²) in [4.78, 5) is 0.594. The van der Waals surface area contributed by atoms with Gasteiger partial charge in [-0.1, -0.05) is 22.4 Å². The first kappa shape index (κ1) is 10.8. The molecule has 0 radical (unpaired) electrons. The number of hydrogen-bond acceptors (Lipinski definition) is 0. The summed E-state index contributed by atoms with van der Waals surface area (Å²) in [6.07, 6.45) is 5.75. The van der Waals surface area contributed by atoms with Gasteiger partial charge in [-0.05, 0) is 37.5 Å². The molecule has 0 spiro atoms. The van der Waals surface area contributed by atoms with Crippen LogP contribution in [-0.4, -0.2) is 10.7 Å². The van der Waals surface area contributed by atoms with Crippen LogP contribution in [-0.2, 0) is 0 Å². The summed E-state index contributed by atoms with van der Waals surface area (Å²) in [5, 5.41) is 0. The van der Waals surface area contributed by atoms with E-state index in [0.29, 0.717) is 10.7 Å². The second-order valence-corrected chi connectivity index (χ2v) is 6.08. The molecule has 2 saturated carbocycles. The van der Waals surface area contributed by atoms with Gasteiger partial charge >= 0.3 is 0 Å². The summed E-state index contributed by atoms with van der Waals surface area (Å²) in [6, 6.07) is 0. The van der Waals surface area contributed by atoms with Crippen LogP contribution in [0.2, 0.25) is 0 Å². The molecule has 0 saturated heterocycles. The summed E-state index contributed by atoms with van der Waals surface area (Å²) >= 11 is 3.65. The minimum Gasteiger partial charge on any atom is -0.207 e. The molecule has 3 unspecified atom stereocenters. The van der Waals surface area contributed by atoms with E-state index in [4.69, 9.17) is 0 Å². The largest absolute Gasteiger partial charge is 0.248 e. The quantitative estimate of drug-likeness (QED) is 0.651. The van der Waals surface area contributed by atoms with E-state index in [0.717, 1.165) is 12.8 Å². The fraction of sp³-hybridized carbons (Fsp3) is 1.00. The third-order valence-corrected chi connectivity index (χ3v) is 4.91. The Morgan fingerprint density at radius 1 is 1.21 bits per heavy atom. The molecule has 3 heteroatoms. The van der Waals surface area contributed by atoms with Gasteiger partial charge < -0.3 is 0 Å². The van der Waals surface area contributed by atoms with Gasteiger partial charge in [0.25, 0.3) is 0 Å². The van der Waals surface area contributed by atoms with Gasteiger partial charge in [0, 0.05) is 17.7 Å². The molecule has 82 valence electrons. The lowest BCUT2D eigenvalue weighted by molar-refractivity contribution is 0.00412. The average Bonchev–Trinajstić information content (AvgIpc) is 2.61. The molecule has 0 amide bonds. The van der Waals surface area contributed by atoms with Crippen LogP contribution in [0.3, 0.4) is 0 Å². The zero-order valence-electron chi connectivity index (χ0n) is 8.32. The first-order valence-corrected chi connectivity index (χ1v) is 6.50. The fourth-order valence-corrected chi connectivity index (χ4v) is 3.73. The molecule has 0 heterocycles. The number of rotatable bonds is 2. The first-order valence-electron chi connectivity index (χ1n) is 5.59. The van der Waals surface area contributed by atoms with Gasteiger partial charge in [-0.15, -0.1) is 0 Å². The smallest absolute Gasteiger partial charge is 0.207 e. The monoisotopic (exact) mass is 266 g/mol. The van der Waals surface area contributed by atoms with Crippen LogP contribution in [0.4, 0.5) is 8.78 Å². The summed E-state index contributed by atoms with van der Waals surface area (Å²) in [6.45, 7) is 0. The highest BCUT2D eigenvalue weighted by molar-refractivity contribution is 9.09. The second-order valence-electron chi connectivity index (χ2n) is 4.91. The highest BCUT2D eigenvalue weighted by Crippen LogP contribution is 2.45. The Kier molecular flexibility index (Phi) is 3.15. The van der Waals surface area contributed by atoms with Crippen molar-refractivity contribution in [3.63, 3.8) is 0 Å². The van der Waals surface area contributed by atoms with E-state index in [1.807, 2.05) is 0 Å². The predicted octanol–water partition coefficient (Wildman–Crippen LogP) is 4.38. The van der Waals surface area contributed by atoms with Crippen molar-refractivity contribution in [1.29, 1.82) is 0 Å². The molecule has 0 aliphatic heterocycles. The van der Waals surface area contributed by atoms with Crippen LogP contribution >= 0.6 is 15.9 Å². The van der Waals surface area contributed by atoms with E-state index >= 15 is 0 Å². The molecular weight excluding hydrogens is 250 g/mol. The molecule has 0 aromatic heterocycles. The van der Waals surface area contributed by atoms with E-state index in [1.165, 1.54) is 19.3 Å². The molecule has 14 heavy (non-hydrogen) atoms. The van der Waals surface area contributed by atoms with Crippen molar-refractivity contribution in [1.82, 2.24) is 0 Å². The van der Waals surface area contributed by atoms with Crippen molar-refractivity contribution < 1.29 is 8.78 Å². The molecule has 0 aromatic carbocycles. The van der Waals surface area contributed by atoms with E-state index in [2.05, 4.69) is 15.9 Å². The van der Waals surface area contributed by atoms with E-state index in [-0.39, 0.29) is 18.8 Å². The average molecular weight is 267 g/mol. The van der Waals surface area contributed by atoms with Gasteiger partial charge in [0.05, 0.1) is 0 Å². The van der Waals surface area contributed by atoms with Crippen LogP contribution < -0.4 is 0 Å². The van der Waals surface area contributed by atoms with Gasteiger partial charge in [0.15, 0.2) is 0 Å². The third kappa shape index (κ3) is 2.47. The molecule has 2 aliphatic rings. The molecule has 2 rings (SSSR count). The van der Waals surface area contributed by atoms with E-state index < -0.39 is 5.92 Å². The van der Waals surface area contributed by atoms with E-state index in [9.17, 15) is 8.78 Å². The van der Waals surface area contributed by atoms with Crippen LogP contribution in [0.5, 0.6) is 0 Å². The third-order valence-electron chi connectivity index (χ3n) is 3.71. The van der Waals surface area contributed by atoms with Crippen LogP contribution in [0.15, 0.2) is 0 Å². The molecule has 0 aromatic rings. The van der Waals surface area contributed by atoms with Crippen molar-refractivity contribution in [3.8, 4) is 0 Å². The lowest BCUT2D eigenvalue weighted by atomic mass is 9.92. The van der Waals surface area contributed by atoms with Crippen molar-refractivity contribution in [2.75, 3.05) is 0 Å². The summed E-state index contributed by atoms with van der Waals surface area (Å²) in [5.41, 5.74) is 0. The van der Waals surface area contributed by atoms with Crippen molar-refractivity contribution >= 4 is 15.9 Å². The number of hydrogen-bond donors (Lipinski definition) is 0. The molecule has 2 fully saturated rings. The summed E-state index contributed by atoms with van der Waals surface area (Å²) < 4.78 is 25.9. The predicted molar refractivity (Wildman–Crippen MR) is 57.0 cm³/mol. The molecule has 0 bridgehead atoms. The Balaban J connectivity index is 1.81. The Morgan fingerprint density at radius 3 is 2.50 bits per heavy atom. The van der Waals surface area contributed by atoms with Crippen LogP contribution in [0, 0.1) is 11.8 Å². The molecule has 0 N–H and O–H groups in total. The second kappa shape index (κ2) is 4.07. The number of halogens is 3. The first-order chi connectivity index (χ1) is 6.57. The zero-order chi connectivity index (χ0) is 10.2. The Hall–Kier alpha value is 0.340. The maximum atomic E-state index is 13.0. The van der Waals surface area contributed by atoms with Crippen molar-refractivity contribution in [2.45, 2.75) is 55.7 Å². The summed E-state index contributed by atoms with van der Waals surface area (Å²) in [7, 11) is 0. The number of alkyl halides is 3. The molecule has 3 atom stereocenters. The van der Waals surface area contributed by atoms with Crippen molar-refractivity contribution in [3.05, 3.63) is 0 Å². The lowest BCUT2D eigenvalue weighted by Crippen LogP contribution is -2.14. The van der Waals surface area contributed by atoms with Gasteiger partial charge in [0.2, 0.25) is 5.92 Å². The van der Waals surface area contributed by atoms with Crippen LogP contribution in [0.25, 0.3) is 0 Å². The molecule has 0 nitrogen and oxygen atoms in total. The normalized spacial score (nSPS) is 41.8. The van der Waals surface area contributed by atoms with Crippen LogP contribution in [0.1, 0.15) is 44.9 Å². The van der Waals surface area contributed by atoms with Gasteiger partial charge in [-0.25, -0.2) is 8.78 Å². The zero-order valence-corrected chi connectivity index (χ0v) is 9.90. The minimum absolute atomic E-state index is 0.122. The lowest BCUT2D eigenvalue weighted by Gasteiger charge is -2.18. The maximum absolute atomic E-state index is 13.0. The standard InChI is InChI=1S/C11H17BrF2/c12-10-3-1-2-9(10)6-8-4-5-11(13,14)7-8/h8-10H,1-7H2. The SMILES string of the molecule is FC1(F)CCC(CC2CCCC2Br)C1. The Labute approximate surface area is 92.6 Å². The van der Waals surface area contributed by atoms with Gasteiger partial charge in [0.1, 0.15) is 0 Å². The summed E-state index contributed by atoms with van der Waals surface area (Å²) in [5.74, 6) is -1.41. The van der Waals surface area contributed by atoms with Gasteiger partial charge in [-0.2, -0.15) is 0 Å². The fourth-order valence-electron chi connectivity index (χ4n) is 2.93. The highest BCUT2D eigenvalue weighted by Gasteiger charge is 2.41. The Bertz CT molecular complexity index is 205. The Morgan fingerprint density at radius 2 is 2.00 bits per heavy atom. The van der Waals surface area contributed by atoms with Crippen molar-refractivity contribution in [2.24, 2.45) is 11.8 Å². The highest BCUT2D eigenvalue weighted by atomic mass is 79.9. The van der Waals surface area contributed by atoms with Gasteiger partial charge in [-0.3, -0.25) is 0 Å². The molecule has 2 aliphatic carbocycles.